The second-order valence-corrected chi connectivity index (χ2v) is 8.16. The molecule has 2 bridgehead atoms. The van der Waals surface area contributed by atoms with Gasteiger partial charge in [0, 0.05) is 33.3 Å². The summed E-state index contributed by atoms with van der Waals surface area (Å²) in [4.78, 5) is 15.3. The molecule has 2 aromatic rings. The number of hydrogen-bond donors (Lipinski definition) is 3. The largest absolute Gasteiger partial charge is 0.508 e. The van der Waals surface area contributed by atoms with E-state index in [1.807, 2.05) is 23.6 Å². The van der Waals surface area contributed by atoms with E-state index in [0.717, 1.165) is 21.1 Å². The number of fused-ring (bicyclic) bond motifs is 2. The van der Waals surface area contributed by atoms with Gasteiger partial charge in [-0.15, -0.1) is 11.3 Å². The molecule has 3 unspecified atom stereocenters. The third-order valence-corrected chi connectivity index (χ3v) is 6.55. The molecule has 2 aliphatic heterocycles. The van der Waals surface area contributed by atoms with Crippen LogP contribution in [-0.2, 0) is 0 Å². The first-order chi connectivity index (χ1) is 11.2. The summed E-state index contributed by atoms with van der Waals surface area (Å²) in [5.74, 6) is 0.297. The lowest BCUT2D eigenvalue weighted by atomic mass is 9.95. The minimum atomic E-state index is 0.0342. The number of aromatic hydroxyl groups is 1. The molecular formula is C17H18N2O2S2. The summed E-state index contributed by atoms with van der Waals surface area (Å²) in [6.07, 6.45) is 3.46. The molecule has 4 rings (SSSR count). The third kappa shape index (κ3) is 3.24. The molecule has 1 amide bonds. The van der Waals surface area contributed by atoms with Crippen LogP contribution in [0, 0.1) is 0 Å². The molecule has 0 spiro atoms. The van der Waals surface area contributed by atoms with Gasteiger partial charge in [0.05, 0.1) is 4.88 Å². The topological polar surface area (TPSA) is 61.4 Å². The number of phenolic OH excluding ortho intramolecular Hbond substituents is 1. The van der Waals surface area contributed by atoms with Crippen molar-refractivity contribution in [2.75, 3.05) is 0 Å². The van der Waals surface area contributed by atoms with Crippen LogP contribution in [0.1, 0.15) is 28.9 Å². The van der Waals surface area contributed by atoms with Crippen molar-refractivity contribution in [3.05, 3.63) is 40.6 Å². The molecule has 2 fully saturated rings. The van der Waals surface area contributed by atoms with Gasteiger partial charge < -0.3 is 15.7 Å². The minimum absolute atomic E-state index is 0.0342. The van der Waals surface area contributed by atoms with Gasteiger partial charge in [0.1, 0.15) is 5.75 Å². The van der Waals surface area contributed by atoms with E-state index < -0.39 is 0 Å². The van der Waals surface area contributed by atoms with Crippen molar-refractivity contribution in [1.29, 1.82) is 0 Å². The number of benzene rings is 1. The van der Waals surface area contributed by atoms with Gasteiger partial charge in [-0.1, -0.05) is 11.8 Å². The lowest BCUT2D eigenvalue weighted by Crippen LogP contribution is -2.42. The molecule has 2 saturated heterocycles. The van der Waals surface area contributed by atoms with Crippen LogP contribution in [0.4, 0.5) is 0 Å². The van der Waals surface area contributed by atoms with Gasteiger partial charge in [-0.25, -0.2) is 0 Å². The fourth-order valence-electron chi connectivity index (χ4n) is 3.36. The number of rotatable bonds is 4. The first-order valence-corrected chi connectivity index (χ1v) is 9.49. The van der Waals surface area contributed by atoms with Gasteiger partial charge >= 0.3 is 0 Å². The van der Waals surface area contributed by atoms with Crippen molar-refractivity contribution in [1.82, 2.24) is 10.6 Å². The van der Waals surface area contributed by atoms with E-state index in [1.54, 1.807) is 23.9 Å². The van der Waals surface area contributed by atoms with Crippen LogP contribution in [-0.4, -0.2) is 29.1 Å². The Bertz CT molecular complexity index is 714. The lowest BCUT2D eigenvalue weighted by molar-refractivity contribution is 0.0935. The SMILES string of the molecule is O=C(NC1CC2CCC1N2)c1cc(Sc2ccc(O)cc2)cs1. The zero-order valence-electron chi connectivity index (χ0n) is 12.5. The smallest absolute Gasteiger partial charge is 0.261 e. The Morgan fingerprint density at radius 2 is 2.09 bits per heavy atom. The molecule has 1 aromatic carbocycles. The molecule has 23 heavy (non-hydrogen) atoms. The Morgan fingerprint density at radius 3 is 2.78 bits per heavy atom. The van der Waals surface area contributed by atoms with Gasteiger partial charge in [0.25, 0.3) is 5.91 Å². The summed E-state index contributed by atoms with van der Waals surface area (Å²) in [5.41, 5.74) is 0. The molecule has 2 aliphatic rings. The molecule has 3 heterocycles. The maximum absolute atomic E-state index is 12.4. The summed E-state index contributed by atoms with van der Waals surface area (Å²) >= 11 is 3.08. The van der Waals surface area contributed by atoms with E-state index in [4.69, 9.17) is 0 Å². The monoisotopic (exact) mass is 346 g/mol. The number of nitrogens with one attached hydrogen (secondary N) is 2. The molecule has 120 valence electrons. The first kappa shape index (κ1) is 15.1. The maximum atomic E-state index is 12.4. The molecule has 0 radical (unpaired) electrons. The van der Waals surface area contributed by atoms with E-state index in [0.29, 0.717) is 12.1 Å². The lowest BCUT2D eigenvalue weighted by Gasteiger charge is -2.20. The molecule has 4 nitrogen and oxygen atoms in total. The quantitative estimate of drug-likeness (QED) is 0.795. The number of carbonyl (C=O) groups excluding carboxylic acids is 1. The highest BCUT2D eigenvalue weighted by molar-refractivity contribution is 7.99. The third-order valence-electron chi connectivity index (χ3n) is 4.49. The zero-order chi connectivity index (χ0) is 15.8. The fourth-order valence-corrected chi connectivity index (χ4v) is 5.17. The molecule has 3 atom stereocenters. The van der Waals surface area contributed by atoms with Gasteiger partial charge in [0.2, 0.25) is 0 Å². The van der Waals surface area contributed by atoms with Crippen molar-refractivity contribution < 1.29 is 9.90 Å². The van der Waals surface area contributed by atoms with Crippen molar-refractivity contribution in [2.24, 2.45) is 0 Å². The van der Waals surface area contributed by atoms with Crippen LogP contribution >= 0.6 is 23.1 Å². The average molecular weight is 346 g/mol. The van der Waals surface area contributed by atoms with Crippen LogP contribution in [0.5, 0.6) is 5.75 Å². The summed E-state index contributed by atoms with van der Waals surface area (Å²) < 4.78 is 0. The molecule has 0 aliphatic carbocycles. The average Bonchev–Trinajstić information content (AvgIpc) is 3.26. The van der Waals surface area contributed by atoms with Gasteiger partial charge in [-0.2, -0.15) is 0 Å². The van der Waals surface area contributed by atoms with Crippen molar-refractivity contribution in [3.63, 3.8) is 0 Å². The zero-order valence-corrected chi connectivity index (χ0v) is 14.1. The van der Waals surface area contributed by atoms with Crippen LogP contribution < -0.4 is 10.6 Å². The van der Waals surface area contributed by atoms with Gasteiger partial charge in [-0.3, -0.25) is 4.79 Å². The van der Waals surface area contributed by atoms with Crippen molar-refractivity contribution >= 4 is 29.0 Å². The Kier molecular flexibility index (Phi) is 4.05. The summed E-state index contributed by atoms with van der Waals surface area (Å²) in [7, 11) is 0. The second kappa shape index (κ2) is 6.19. The maximum Gasteiger partial charge on any atom is 0.261 e. The fraction of sp³-hybridized carbons (Fsp3) is 0.353. The highest BCUT2D eigenvalue weighted by atomic mass is 32.2. The van der Waals surface area contributed by atoms with E-state index in [9.17, 15) is 9.90 Å². The van der Waals surface area contributed by atoms with Crippen LogP contribution in [0.25, 0.3) is 0 Å². The highest BCUT2D eigenvalue weighted by Crippen LogP contribution is 2.33. The van der Waals surface area contributed by atoms with E-state index in [-0.39, 0.29) is 17.7 Å². The van der Waals surface area contributed by atoms with E-state index in [1.165, 1.54) is 24.2 Å². The summed E-state index contributed by atoms with van der Waals surface area (Å²) in [5, 5.41) is 18.0. The van der Waals surface area contributed by atoms with E-state index >= 15 is 0 Å². The Labute approximate surface area is 143 Å². The number of amides is 1. The van der Waals surface area contributed by atoms with Gasteiger partial charge in [0.15, 0.2) is 0 Å². The Hall–Kier alpha value is -1.50. The Balaban J connectivity index is 1.39. The standard InChI is InChI=1S/C17H18N2O2S2/c20-11-2-4-12(5-3-11)23-13-8-16(22-9-13)17(21)19-15-7-10-1-6-14(15)18-10/h2-5,8-10,14-15,18,20H,1,6-7H2,(H,19,21). The molecule has 1 aromatic heterocycles. The first-order valence-electron chi connectivity index (χ1n) is 7.80. The predicted octanol–water partition coefficient (Wildman–Crippen LogP) is 3.23. The van der Waals surface area contributed by atoms with Crippen LogP contribution in [0.15, 0.2) is 45.5 Å². The predicted molar refractivity (Wildman–Crippen MR) is 92.4 cm³/mol. The number of carbonyl (C=O) groups is 1. The Morgan fingerprint density at radius 1 is 1.26 bits per heavy atom. The van der Waals surface area contributed by atoms with E-state index in [2.05, 4.69) is 10.6 Å². The van der Waals surface area contributed by atoms with Crippen LogP contribution in [0.2, 0.25) is 0 Å². The van der Waals surface area contributed by atoms with Crippen molar-refractivity contribution in [3.8, 4) is 5.75 Å². The summed E-state index contributed by atoms with van der Waals surface area (Å²) in [6, 6.07) is 10.4. The highest BCUT2D eigenvalue weighted by Gasteiger charge is 2.39. The second-order valence-electron chi connectivity index (χ2n) is 6.11. The normalized spacial score (nSPS) is 25.7. The number of phenols is 1. The van der Waals surface area contributed by atoms with Crippen LogP contribution in [0.3, 0.4) is 0 Å². The minimum Gasteiger partial charge on any atom is -0.508 e. The van der Waals surface area contributed by atoms with Gasteiger partial charge in [-0.05, 0) is 49.6 Å². The number of hydrogen-bond acceptors (Lipinski definition) is 5. The molecule has 6 heteroatoms. The molecule has 3 N–H and O–H groups in total. The van der Waals surface area contributed by atoms with Crippen molar-refractivity contribution in [2.45, 2.75) is 47.2 Å². The molecule has 0 saturated carbocycles. The summed E-state index contributed by atoms with van der Waals surface area (Å²) in [6.45, 7) is 0. The molecular weight excluding hydrogens is 328 g/mol. The number of thiophene rings is 1.